The summed E-state index contributed by atoms with van der Waals surface area (Å²) in [4.78, 5) is 0. The van der Waals surface area contributed by atoms with Crippen molar-refractivity contribution in [2.24, 2.45) is 5.41 Å². The lowest BCUT2D eigenvalue weighted by Crippen LogP contribution is -2.27. The van der Waals surface area contributed by atoms with Crippen molar-refractivity contribution in [2.75, 3.05) is 27.4 Å². The van der Waals surface area contributed by atoms with Crippen LogP contribution in [-0.4, -0.2) is 27.4 Å². The molecule has 62 valence electrons. The van der Waals surface area contributed by atoms with E-state index in [9.17, 15) is 0 Å². The quantitative estimate of drug-likeness (QED) is 0.587. The average Bonchev–Trinajstić information content (AvgIpc) is 1.89. The largest absolute Gasteiger partial charge is 0.384 e. The van der Waals surface area contributed by atoms with Crippen LogP contribution < -0.4 is 0 Å². The highest BCUT2D eigenvalue weighted by Crippen LogP contribution is 2.20. The minimum Gasteiger partial charge on any atom is -0.384 e. The van der Waals surface area contributed by atoms with Crippen LogP contribution in [0.15, 0.2) is 0 Å². The Bertz CT molecular complexity index is 75.3. The number of hydrogen-bond acceptors (Lipinski definition) is 2. The Morgan fingerprint density at radius 1 is 1.10 bits per heavy atom. The molecule has 0 heterocycles. The molecule has 0 saturated heterocycles. The summed E-state index contributed by atoms with van der Waals surface area (Å²) in [6.45, 7) is 5.87. The molecule has 0 spiro atoms. The van der Waals surface area contributed by atoms with Gasteiger partial charge in [-0.25, -0.2) is 0 Å². The molecule has 0 bridgehead atoms. The Balaban J connectivity index is 3.69. The molecule has 0 saturated carbocycles. The SMILES string of the molecule is CCC(C)(COC)COC. The van der Waals surface area contributed by atoms with Crippen molar-refractivity contribution >= 4 is 0 Å². The maximum Gasteiger partial charge on any atom is 0.0537 e. The van der Waals surface area contributed by atoms with Gasteiger partial charge in [-0.15, -0.1) is 0 Å². The summed E-state index contributed by atoms with van der Waals surface area (Å²) >= 11 is 0. The van der Waals surface area contributed by atoms with E-state index in [1.165, 1.54) is 0 Å². The highest BCUT2D eigenvalue weighted by atomic mass is 16.5. The number of hydrogen-bond donors (Lipinski definition) is 0. The topological polar surface area (TPSA) is 18.5 Å². The van der Waals surface area contributed by atoms with E-state index in [0.29, 0.717) is 0 Å². The lowest BCUT2D eigenvalue weighted by atomic mass is 9.90. The van der Waals surface area contributed by atoms with Crippen LogP contribution in [0.25, 0.3) is 0 Å². The normalized spacial score (nSPS) is 12.0. The van der Waals surface area contributed by atoms with Crippen molar-refractivity contribution in [1.29, 1.82) is 0 Å². The van der Waals surface area contributed by atoms with Crippen LogP contribution in [0, 0.1) is 5.41 Å². The van der Waals surface area contributed by atoms with Gasteiger partial charge < -0.3 is 9.47 Å². The first-order valence-corrected chi connectivity index (χ1v) is 3.66. The molecule has 0 fully saturated rings. The summed E-state index contributed by atoms with van der Waals surface area (Å²) in [5.41, 5.74) is 0.198. The summed E-state index contributed by atoms with van der Waals surface area (Å²) in [5, 5.41) is 0. The van der Waals surface area contributed by atoms with Crippen LogP contribution in [0.1, 0.15) is 20.3 Å². The molecule has 0 rings (SSSR count). The van der Waals surface area contributed by atoms with Gasteiger partial charge in [-0.2, -0.15) is 0 Å². The molecule has 0 atom stereocenters. The van der Waals surface area contributed by atoms with Crippen molar-refractivity contribution < 1.29 is 9.47 Å². The molecule has 0 aliphatic carbocycles. The van der Waals surface area contributed by atoms with E-state index in [1.54, 1.807) is 14.2 Å². The van der Waals surface area contributed by atoms with Gasteiger partial charge in [0.2, 0.25) is 0 Å². The Morgan fingerprint density at radius 2 is 1.50 bits per heavy atom. The van der Waals surface area contributed by atoms with E-state index >= 15 is 0 Å². The van der Waals surface area contributed by atoms with Crippen molar-refractivity contribution in [3.63, 3.8) is 0 Å². The zero-order valence-corrected chi connectivity index (χ0v) is 7.44. The van der Waals surface area contributed by atoms with Gasteiger partial charge in [0.25, 0.3) is 0 Å². The summed E-state index contributed by atoms with van der Waals surface area (Å²) in [7, 11) is 3.45. The predicted octanol–water partition coefficient (Wildman–Crippen LogP) is 1.70. The molecule has 0 aromatic carbocycles. The molecule has 0 radical (unpaired) electrons. The standard InChI is InChI=1S/C8H18O2/c1-5-8(2,6-9-3)7-10-4/h5-7H2,1-4H3. The molecule has 0 N–H and O–H groups in total. The Hall–Kier alpha value is -0.0800. The fourth-order valence-electron chi connectivity index (χ4n) is 0.943. The third kappa shape index (κ3) is 3.18. The first-order chi connectivity index (χ1) is 4.68. The van der Waals surface area contributed by atoms with Crippen LogP contribution in [-0.2, 0) is 9.47 Å². The van der Waals surface area contributed by atoms with Crippen LogP contribution >= 0.6 is 0 Å². The zero-order chi connectivity index (χ0) is 8.04. The molecule has 0 aromatic heterocycles. The summed E-state index contributed by atoms with van der Waals surface area (Å²) in [6.07, 6.45) is 1.09. The molecule has 0 amide bonds. The van der Waals surface area contributed by atoms with Crippen LogP contribution in [0.3, 0.4) is 0 Å². The molecular weight excluding hydrogens is 128 g/mol. The van der Waals surface area contributed by atoms with Crippen LogP contribution in [0.4, 0.5) is 0 Å². The highest BCUT2D eigenvalue weighted by molar-refractivity contribution is 4.70. The third-order valence-corrected chi connectivity index (χ3v) is 1.84. The third-order valence-electron chi connectivity index (χ3n) is 1.84. The Labute approximate surface area is 63.5 Å². The van der Waals surface area contributed by atoms with Gasteiger partial charge >= 0.3 is 0 Å². The van der Waals surface area contributed by atoms with E-state index in [1.807, 2.05) is 0 Å². The first kappa shape index (κ1) is 9.92. The van der Waals surface area contributed by atoms with Crippen molar-refractivity contribution in [1.82, 2.24) is 0 Å². The van der Waals surface area contributed by atoms with Crippen molar-refractivity contribution in [3.8, 4) is 0 Å². The maximum atomic E-state index is 5.07. The number of methoxy groups -OCH3 is 2. The molecule has 0 unspecified atom stereocenters. The molecule has 0 aliphatic heterocycles. The molecule has 0 aromatic rings. The fourth-order valence-corrected chi connectivity index (χ4v) is 0.943. The van der Waals surface area contributed by atoms with E-state index in [-0.39, 0.29) is 5.41 Å². The molecule has 2 nitrogen and oxygen atoms in total. The second kappa shape index (κ2) is 4.69. The lowest BCUT2D eigenvalue weighted by Gasteiger charge is -2.25. The smallest absolute Gasteiger partial charge is 0.0537 e. The van der Waals surface area contributed by atoms with Gasteiger partial charge in [0.1, 0.15) is 0 Å². The Morgan fingerprint density at radius 3 is 1.70 bits per heavy atom. The maximum absolute atomic E-state index is 5.07. The van der Waals surface area contributed by atoms with E-state index in [0.717, 1.165) is 19.6 Å². The molecule has 10 heavy (non-hydrogen) atoms. The predicted molar refractivity (Wildman–Crippen MR) is 42.2 cm³/mol. The Kier molecular flexibility index (Phi) is 4.65. The lowest BCUT2D eigenvalue weighted by molar-refractivity contribution is 0.0198. The van der Waals surface area contributed by atoms with Crippen LogP contribution in [0.5, 0.6) is 0 Å². The summed E-state index contributed by atoms with van der Waals surface area (Å²) < 4.78 is 10.1. The minimum atomic E-state index is 0.198. The molecule has 2 heteroatoms. The van der Waals surface area contributed by atoms with Crippen LogP contribution in [0.2, 0.25) is 0 Å². The zero-order valence-electron chi connectivity index (χ0n) is 7.44. The van der Waals surface area contributed by atoms with Crippen molar-refractivity contribution in [3.05, 3.63) is 0 Å². The monoisotopic (exact) mass is 146 g/mol. The van der Waals surface area contributed by atoms with Gasteiger partial charge in [-0.1, -0.05) is 13.8 Å². The van der Waals surface area contributed by atoms with Gasteiger partial charge in [0.05, 0.1) is 13.2 Å². The second-order valence-corrected chi connectivity index (χ2v) is 3.03. The van der Waals surface area contributed by atoms with Gasteiger partial charge in [0.15, 0.2) is 0 Å². The van der Waals surface area contributed by atoms with E-state index < -0.39 is 0 Å². The second-order valence-electron chi connectivity index (χ2n) is 3.03. The number of rotatable bonds is 5. The summed E-state index contributed by atoms with van der Waals surface area (Å²) in [6, 6.07) is 0. The first-order valence-electron chi connectivity index (χ1n) is 3.66. The fraction of sp³-hybridized carbons (Fsp3) is 1.00. The van der Waals surface area contributed by atoms with Gasteiger partial charge in [-0.05, 0) is 6.42 Å². The summed E-state index contributed by atoms with van der Waals surface area (Å²) in [5.74, 6) is 0. The molecule has 0 aliphatic rings. The van der Waals surface area contributed by atoms with Gasteiger partial charge in [-0.3, -0.25) is 0 Å². The van der Waals surface area contributed by atoms with Crippen molar-refractivity contribution in [2.45, 2.75) is 20.3 Å². The molecular formula is C8H18O2. The average molecular weight is 146 g/mol. The van der Waals surface area contributed by atoms with E-state index in [4.69, 9.17) is 9.47 Å². The highest BCUT2D eigenvalue weighted by Gasteiger charge is 2.21. The number of ether oxygens (including phenoxy) is 2. The van der Waals surface area contributed by atoms with E-state index in [2.05, 4.69) is 13.8 Å². The minimum absolute atomic E-state index is 0.198. The van der Waals surface area contributed by atoms with Gasteiger partial charge in [0, 0.05) is 19.6 Å².